The second kappa shape index (κ2) is 7.29. The first kappa shape index (κ1) is 16.9. The quantitative estimate of drug-likeness (QED) is 0.923. The maximum absolute atomic E-state index is 12.5. The molecule has 0 unspecified atom stereocenters. The maximum Gasteiger partial charge on any atom is 0.257 e. The summed E-state index contributed by atoms with van der Waals surface area (Å²) in [7, 11) is 0. The zero-order valence-corrected chi connectivity index (χ0v) is 14.4. The number of hydrogen-bond donors (Lipinski definition) is 1. The first-order chi connectivity index (χ1) is 12.0. The summed E-state index contributed by atoms with van der Waals surface area (Å²) in [5.74, 6) is 0.389. The number of benzene rings is 1. The van der Waals surface area contributed by atoms with Gasteiger partial charge in [-0.1, -0.05) is 18.2 Å². The monoisotopic (exact) mass is 339 g/mol. The van der Waals surface area contributed by atoms with Gasteiger partial charge in [0.1, 0.15) is 0 Å². The van der Waals surface area contributed by atoms with E-state index in [9.17, 15) is 9.59 Å². The summed E-state index contributed by atoms with van der Waals surface area (Å²) >= 11 is 0. The number of hydrogen-bond acceptors (Lipinski definition) is 5. The molecule has 0 atom stereocenters. The number of carbonyl (C=O) groups excluding carboxylic acids is 2. The summed E-state index contributed by atoms with van der Waals surface area (Å²) < 4.78 is 0. The number of carbonyl (C=O) groups is 2. The number of nitrogens with zero attached hydrogens (tertiary/aromatic N) is 4. The van der Waals surface area contributed by atoms with Crippen LogP contribution in [-0.2, 0) is 4.79 Å². The van der Waals surface area contributed by atoms with Gasteiger partial charge in [0.05, 0.1) is 5.56 Å². The number of aromatic nitrogens is 2. The Hall–Kier alpha value is -2.96. The van der Waals surface area contributed by atoms with Crippen LogP contribution in [0.5, 0.6) is 0 Å². The van der Waals surface area contributed by atoms with Crippen LogP contribution in [-0.4, -0.2) is 57.8 Å². The van der Waals surface area contributed by atoms with Crippen molar-refractivity contribution in [3.63, 3.8) is 0 Å². The van der Waals surface area contributed by atoms with Gasteiger partial charge in [0, 0.05) is 51.2 Å². The highest BCUT2D eigenvalue weighted by Crippen LogP contribution is 2.17. The summed E-state index contributed by atoms with van der Waals surface area (Å²) in [6, 6.07) is 7.86. The third-order valence-corrected chi connectivity index (χ3v) is 4.30. The molecule has 0 spiro atoms. The van der Waals surface area contributed by atoms with Crippen molar-refractivity contribution in [1.29, 1.82) is 0 Å². The van der Waals surface area contributed by atoms with Crippen molar-refractivity contribution in [3.8, 4) is 0 Å². The summed E-state index contributed by atoms with van der Waals surface area (Å²) in [5.41, 5.74) is 2.48. The van der Waals surface area contributed by atoms with E-state index in [2.05, 4.69) is 15.3 Å². The summed E-state index contributed by atoms with van der Waals surface area (Å²) in [5, 5.41) is 3.14. The second-order valence-electron chi connectivity index (χ2n) is 6.03. The van der Waals surface area contributed by atoms with Crippen LogP contribution in [0.2, 0.25) is 0 Å². The topological polar surface area (TPSA) is 78.4 Å². The second-order valence-corrected chi connectivity index (χ2v) is 6.03. The highest BCUT2D eigenvalue weighted by molar-refractivity contribution is 5.94. The Morgan fingerprint density at radius 2 is 1.60 bits per heavy atom. The van der Waals surface area contributed by atoms with E-state index >= 15 is 0 Å². The summed E-state index contributed by atoms with van der Waals surface area (Å²) in [6.45, 7) is 5.74. The zero-order valence-electron chi connectivity index (χ0n) is 14.4. The van der Waals surface area contributed by atoms with Crippen molar-refractivity contribution in [2.24, 2.45) is 0 Å². The van der Waals surface area contributed by atoms with Gasteiger partial charge in [-0.05, 0) is 18.6 Å². The van der Waals surface area contributed by atoms with Crippen LogP contribution in [0.4, 0.5) is 11.6 Å². The van der Waals surface area contributed by atoms with Crippen molar-refractivity contribution in [1.82, 2.24) is 19.8 Å². The highest BCUT2D eigenvalue weighted by atomic mass is 16.2. The lowest BCUT2D eigenvalue weighted by atomic mass is 10.2. The third-order valence-electron chi connectivity index (χ3n) is 4.30. The number of para-hydroxylation sites is 1. The van der Waals surface area contributed by atoms with E-state index in [1.807, 2.05) is 31.2 Å². The molecule has 1 N–H and O–H groups in total. The van der Waals surface area contributed by atoms with Gasteiger partial charge >= 0.3 is 0 Å². The highest BCUT2D eigenvalue weighted by Gasteiger charge is 2.23. The third kappa shape index (κ3) is 3.93. The van der Waals surface area contributed by atoms with Gasteiger partial charge in [-0.3, -0.25) is 9.59 Å². The minimum absolute atomic E-state index is 0.0436. The van der Waals surface area contributed by atoms with Gasteiger partial charge in [-0.2, -0.15) is 0 Å². The van der Waals surface area contributed by atoms with Gasteiger partial charge < -0.3 is 15.1 Å². The summed E-state index contributed by atoms with van der Waals surface area (Å²) in [4.78, 5) is 35.8. The average molecular weight is 339 g/mol. The molecule has 25 heavy (non-hydrogen) atoms. The molecule has 3 rings (SSSR count). The number of anilines is 2. The van der Waals surface area contributed by atoms with Crippen LogP contribution in [0, 0.1) is 6.92 Å². The molecule has 0 saturated carbocycles. The van der Waals surface area contributed by atoms with Crippen LogP contribution in [0.15, 0.2) is 36.7 Å². The smallest absolute Gasteiger partial charge is 0.257 e. The van der Waals surface area contributed by atoms with Gasteiger partial charge in [0.25, 0.3) is 5.91 Å². The molecule has 1 aliphatic rings. The molecule has 1 aliphatic heterocycles. The first-order valence-corrected chi connectivity index (χ1v) is 8.24. The average Bonchev–Trinajstić information content (AvgIpc) is 2.64. The van der Waals surface area contributed by atoms with E-state index in [1.54, 1.807) is 16.7 Å². The van der Waals surface area contributed by atoms with Crippen molar-refractivity contribution >= 4 is 23.5 Å². The molecule has 1 aromatic heterocycles. The number of rotatable bonds is 3. The Labute approximate surface area is 146 Å². The normalized spacial score (nSPS) is 14.3. The standard InChI is InChI=1S/C18H21N5O2/c1-13-5-3-4-6-16(13)21-18-19-11-15(12-20-18)17(25)23-9-7-22(8-10-23)14(2)24/h3-6,11-12H,7-10H2,1-2H3,(H,19,20,21). The van der Waals surface area contributed by atoms with Crippen LogP contribution in [0.25, 0.3) is 0 Å². The predicted octanol–water partition coefficient (Wildman–Crippen LogP) is 1.83. The molecule has 0 radical (unpaired) electrons. The minimum atomic E-state index is -0.106. The van der Waals surface area contributed by atoms with E-state index < -0.39 is 0 Å². The molecular formula is C18H21N5O2. The molecule has 130 valence electrons. The molecule has 2 heterocycles. The molecule has 7 heteroatoms. The van der Waals surface area contributed by atoms with Crippen LogP contribution in [0.1, 0.15) is 22.8 Å². The van der Waals surface area contributed by atoms with E-state index in [-0.39, 0.29) is 11.8 Å². The van der Waals surface area contributed by atoms with Gasteiger partial charge in [0.15, 0.2) is 0 Å². The Morgan fingerprint density at radius 3 is 2.20 bits per heavy atom. The molecule has 1 saturated heterocycles. The van der Waals surface area contributed by atoms with Crippen LogP contribution >= 0.6 is 0 Å². The van der Waals surface area contributed by atoms with Gasteiger partial charge in [0.2, 0.25) is 11.9 Å². The molecule has 1 fully saturated rings. The van der Waals surface area contributed by atoms with Gasteiger partial charge in [-0.15, -0.1) is 0 Å². The number of piperazine rings is 1. The van der Waals surface area contributed by atoms with Crippen LogP contribution < -0.4 is 5.32 Å². The Bertz CT molecular complexity index is 767. The molecule has 2 aromatic rings. The number of amides is 2. The fourth-order valence-electron chi connectivity index (χ4n) is 2.74. The van der Waals surface area contributed by atoms with E-state index in [4.69, 9.17) is 0 Å². The predicted molar refractivity (Wildman–Crippen MR) is 94.7 cm³/mol. The lowest BCUT2D eigenvalue weighted by molar-refractivity contribution is -0.130. The van der Waals surface area contributed by atoms with Gasteiger partial charge in [-0.25, -0.2) is 9.97 Å². The fraction of sp³-hybridized carbons (Fsp3) is 0.333. The van der Waals surface area contributed by atoms with E-state index in [0.717, 1.165) is 11.3 Å². The van der Waals surface area contributed by atoms with Crippen molar-refractivity contribution in [3.05, 3.63) is 47.8 Å². The molecule has 0 bridgehead atoms. The van der Waals surface area contributed by atoms with Crippen molar-refractivity contribution in [2.75, 3.05) is 31.5 Å². The van der Waals surface area contributed by atoms with Crippen molar-refractivity contribution in [2.45, 2.75) is 13.8 Å². The Kier molecular flexibility index (Phi) is 4.92. The maximum atomic E-state index is 12.5. The van der Waals surface area contributed by atoms with E-state index in [0.29, 0.717) is 37.7 Å². The zero-order chi connectivity index (χ0) is 17.8. The van der Waals surface area contributed by atoms with E-state index in [1.165, 1.54) is 12.4 Å². The molecule has 0 aliphatic carbocycles. The van der Waals surface area contributed by atoms with Crippen molar-refractivity contribution < 1.29 is 9.59 Å². The number of aryl methyl sites for hydroxylation is 1. The molecule has 7 nitrogen and oxygen atoms in total. The Balaban J connectivity index is 1.63. The minimum Gasteiger partial charge on any atom is -0.339 e. The lowest BCUT2D eigenvalue weighted by Gasteiger charge is -2.34. The first-order valence-electron chi connectivity index (χ1n) is 8.24. The number of nitrogens with one attached hydrogen (secondary N) is 1. The fourth-order valence-corrected chi connectivity index (χ4v) is 2.74. The molecule has 2 amide bonds. The SMILES string of the molecule is CC(=O)N1CCN(C(=O)c2cnc(Nc3ccccc3C)nc2)CC1. The summed E-state index contributed by atoms with van der Waals surface area (Å²) in [6.07, 6.45) is 3.07. The largest absolute Gasteiger partial charge is 0.339 e. The molecular weight excluding hydrogens is 318 g/mol. The lowest BCUT2D eigenvalue weighted by Crippen LogP contribution is -2.50. The molecule has 1 aromatic carbocycles. The van der Waals surface area contributed by atoms with Crippen LogP contribution in [0.3, 0.4) is 0 Å². The Morgan fingerprint density at radius 1 is 1.00 bits per heavy atom.